The van der Waals surface area contributed by atoms with Crippen LogP contribution in [0.4, 0.5) is 0 Å². The molecule has 1 fully saturated rings. The zero-order valence-electron chi connectivity index (χ0n) is 14.5. The number of carbonyl (C=O) groups is 3. The Bertz CT molecular complexity index is 711. The van der Waals surface area contributed by atoms with Crippen LogP contribution in [0.3, 0.4) is 0 Å². The lowest BCUT2D eigenvalue weighted by atomic mass is 10.00. The highest BCUT2D eigenvalue weighted by atomic mass is 32.1. The number of amides is 1. The molecule has 1 N–H and O–H groups in total. The number of esters is 1. The Morgan fingerprint density at radius 1 is 1.28 bits per heavy atom. The summed E-state index contributed by atoms with van der Waals surface area (Å²) in [6.07, 6.45) is 3.03. The van der Waals surface area contributed by atoms with Gasteiger partial charge in [-0.25, -0.2) is 0 Å². The molecule has 1 heterocycles. The minimum atomic E-state index is -0.826. The Hall–Kier alpha value is -2.20. The smallest absolute Gasteiger partial charge is 0.306 e. The second-order valence-corrected chi connectivity index (χ2v) is 7.82. The zero-order chi connectivity index (χ0) is 18.4. The highest BCUT2D eigenvalue weighted by Gasteiger charge is 2.35. The summed E-state index contributed by atoms with van der Waals surface area (Å²) in [6, 6.07) is 3.97. The third kappa shape index (κ3) is 5.13. The van der Waals surface area contributed by atoms with E-state index < -0.39 is 24.0 Å². The van der Waals surface area contributed by atoms with Gasteiger partial charge in [0.25, 0.3) is 5.91 Å². The summed E-state index contributed by atoms with van der Waals surface area (Å²) >= 11 is 1.55. The van der Waals surface area contributed by atoms with Crippen molar-refractivity contribution in [3.05, 3.63) is 21.4 Å². The average Bonchev–Trinajstić information content (AvgIpc) is 3.17. The minimum absolute atomic E-state index is 0.0552. The van der Waals surface area contributed by atoms with Crippen molar-refractivity contribution in [2.45, 2.75) is 57.9 Å². The lowest BCUT2D eigenvalue weighted by Gasteiger charge is -2.21. The molecule has 0 spiro atoms. The van der Waals surface area contributed by atoms with Gasteiger partial charge in [0.15, 0.2) is 12.4 Å². The van der Waals surface area contributed by atoms with E-state index in [1.807, 2.05) is 19.9 Å². The molecule has 1 amide bonds. The summed E-state index contributed by atoms with van der Waals surface area (Å²) in [5, 5.41) is 11.9. The highest BCUT2D eigenvalue weighted by Crippen LogP contribution is 2.28. The van der Waals surface area contributed by atoms with Crippen molar-refractivity contribution >= 4 is 29.0 Å². The molecule has 0 bridgehead atoms. The Labute approximate surface area is 151 Å². The number of Topliss-reactive ketones (excluding diaryl/α,β-unsaturated/α-hetero) is 1. The topological polar surface area (TPSA) is 96.3 Å². The van der Waals surface area contributed by atoms with Gasteiger partial charge in [0.2, 0.25) is 0 Å². The molecule has 6 nitrogen and oxygen atoms in total. The van der Waals surface area contributed by atoms with Gasteiger partial charge in [-0.15, -0.1) is 11.3 Å². The molecule has 0 unspecified atom stereocenters. The van der Waals surface area contributed by atoms with Crippen molar-refractivity contribution in [3.63, 3.8) is 0 Å². The van der Waals surface area contributed by atoms with E-state index >= 15 is 0 Å². The van der Waals surface area contributed by atoms with Crippen molar-refractivity contribution in [3.8, 4) is 6.07 Å². The maximum atomic E-state index is 12.1. The van der Waals surface area contributed by atoms with Crippen molar-refractivity contribution in [1.29, 1.82) is 5.26 Å². The van der Waals surface area contributed by atoms with E-state index in [0.29, 0.717) is 18.4 Å². The highest BCUT2D eigenvalue weighted by molar-refractivity contribution is 7.12. The fourth-order valence-corrected chi connectivity index (χ4v) is 3.96. The standard InChI is InChI=1S/C18H22N2O4S/c1-12-9-14(13(2)25-12)15(21)5-6-17(23)24-10-16(22)20-18(11-19)7-3-4-8-18/h9H,3-8,10H2,1-2H3,(H,20,22). The van der Waals surface area contributed by atoms with Gasteiger partial charge in [-0.05, 0) is 45.6 Å². The maximum Gasteiger partial charge on any atom is 0.306 e. The molecule has 1 saturated carbocycles. The molecule has 1 aromatic heterocycles. The molecule has 1 aliphatic carbocycles. The summed E-state index contributed by atoms with van der Waals surface area (Å²) in [6.45, 7) is 3.38. The lowest BCUT2D eigenvalue weighted by Crippen LogP contribution is -2.46. The molecular weight excluding hydrogens is 340 g/mol. The van der Waals surface area contributed by atoms with Gasteiger partial charge in [-0.1, -0.05) is 0 Å². The van der Waals surface area contributed by atoms with Crippen LogP contribution in [0.1, 0.15) is 58.6 Å². The number of ketones is 1. The number of rotatable bonds is 7. The van der Waals surface area contributed by atoms with Crippen LogP contribution < -0.4 is 5.32 Å². The van der Waals surface area contributed by atoms with Gasteiger partial charge in [-0.2, -0.15) is 5.26 Å². The van der Waals surface area contributed by atoms with E-state index in [4.69, 9.17) is 4.74 Å². The number of nitriles is 1. The van der Waals surface area contributed by atoms with Crippen LogP contribution in [-0.4, -0.2) is 29.8 Å². The molecule has 2 rings (SSSR count). The van der Waals surface area contributed by atoms with Crippen molar-refractivity contribution in [1.82, 2.24) is 5.32 Å². The second-order valence-electron chi connectivity index (χ2n) is 6.36. The van der Waals surface area contributed by atoms with Crippen LogP contribution in [0.5, 0.6) is 0 Å². The second kappa shape index (κ2) is 8.26. The van der Waals surface area contributed by atoms with Crippen LogP contribution in [-0.2, 0) is 14.3 Å². The van der Waals surface area contributed by atoms with E-state index in [1.54, 1.807) is 11.3 Å². The third-order valence-corrected chi connectivity index (χ3v) is 5.28. The van der Waals surface area contributed by atoms with Crippen LogP contribution in [0.2, 0.25) is 0 Å². The number of aryl methyl sites for hydroxylation is 2. The van der Waals surface area contributed by atoms with Crippen molar-refractivity contribution in [2.24, 2.45) is 0 Å². The van der Waals surface area contributed by atoms with Gasteiger partial charge in [0, 0.05) is 21.7 Å². The summed E-state index contributed by atoms with van der Waals surface area (Å²) in [4.78, 5) is 37.7. The number of nitrogens with zero attached hydrogens (tertiary/aromatic N) is 1. The van der Waals surface area contributed by atoms with Crippen LogP contribution in [0, 0.1) is 25.2 Å². The van der Waals surface area contributed by atoms with Crippen molar-refractivity contribution < 1.29 is 19.1 Å². The molecule has 0 radical (unpaired) electrons. The molecular formula is C18H22N2O4S. The number of ether oxygens (including phenoxy) is 1. The monoisotopic (exact) mass is 362 g/mol. The Morgan fingerprint density at radius 2 is 1.96 bits per heavy atom. The summed E-state index contributed by atoms with van der Waals surface area (Å²) in [5.74, 6) is -1.17. The van der Waals surface area contributed by atoms with E-state index in [9.17, 15) is 19.6 Å². The first kappa shape index (κ1) is 19.1. The number of nitrogens with one attached hydrogen (secondary N) is 1. The van der Waals surface area contributed by atoms with Gasteiger partial charge in [0.05, 0.1) is 12.5 Å². The van der Waals surface area contributed by atoms with Gasteiger partial charge in [0.1, 0.15) is 5.54 Å². The average molecular weight is 362 g/mol. The molecule has 134 valence electrons. The lowest BCUT2D eigenvalue weighted by molar-refractivity contribution is -0.148. The molecule has 0 saturated heterocycles. The first-order chi connectivity index (χ1) is 11.8. The van der Waals surface area contributed by atoms with Crippen LogP contribution >= 0.6 is 11.3 Å². The normalized spacial score (nSPS) is 15.4. The van der Waals surface area contributed by atoms with E-state index in [-0.39, 0.29) is 18.6 Å². The largest absolute Gasteiger partial charge is 0.456 e. The Morgan fingerprint density at radius 3 is 2.52 bits per heavy atom. The molecule has 25 heavy (non-hydrogen) atoms. The Kier molecular flexibility index (Phi) is 6.32. The third-order valence-electron chi connectivity index (χ3n) is 4.31. The number of hydrogen-bond acceptors (Lipinski definition) is 6. The van der Waals surface area contributed by atoms with E-state index in [2.05, 4.69) is 11.4 Å². The summed E-state index contributed by atoms with van der Waals surface area (Å²) in [5.41, 5.74) is -0.182. The quantitative estimate of drug-likeness (QED) is 0.594. The predicted molar refractivity (Wildman–Crippen MR) is 93.3 cm³/mol. The number of hydrogen-bond donors (Lipinski definition) is 1. The zero-order valence-corrected chi connectivity index (χ0v) is 15.3. The van der Waals surface area contributed by atoms with E-state index in [0.717, 1.165) is 22.6 Å². The van der Waals surface area contributed by atoms with Crippen LogP contribution in [0.25, 0.3) is 0 Å². The minimum Gasteiger partial charge on any atom is -0.456 e. The maximum absolute atomic E-state index is 12.1. The first-order valence-electron chi connectivity index (χ1n) is 8.33. The predicted octanol–water partition coefficient (Wildman–Crippen LogP) is 2.82. The molecule has 0 atom stereocenters. The Balaban J connectivity index is 1.73. The number of carbonyl (C=O) groups excluding carboxylic acids is 3. The van der Waals surface area contributed by atoms with E-state index in [1.165, 1.54) is 0 Å². The van der Waals surface area contributed by atoms with Crippen molar-refractivity contribution in [2.75, 3.05) is 6.61 Å². The molecule has 7 heteroatoms. The molecule has 0 aromatic carbocycles. The van der Waals surface area contributed by atoms with Gasteiger partial charge < -0.3 is 10.1 Å². The molecule has 0 aliphatic heterocycles. The summed E-state index contributed by atoms with van der Waals surface area (Å²) in [7, 11) is 0. The first-order valence-corrected chi connectivity index (χ1v) is 9.15. The fraction of sp³-hybridized carbons (Fsp3) is 0.556. The fourth-order valence-electron chi connectivity index (χ4n) is 3.02. The SMILES string of the molecule is Cc1cc(C(=O)CCC(=O)OCC(=O)NC2(C#N)CCCC2)c(C)s1. The van der Waals surface area contributed by atoms with Crippen LogP contribution in [0.15, 0.2) is 6.07 Å². The molecule has 1 aliphatic rings. The van der Waals surface area contributed by atoms with Gasteiger partial charge in [-0.3, -0.25) is 14.4 Å². The summed E-state index contributed by atoms with van der Waals surface area (Å²) < 4.78 is 4.92. The van der Waals surface area contributed by atoms with Gasteiger partial charge >= 0.3 is 5.97 Å². The molecule has 1 aromatic rings. The number of thiophene rings is 1.